The maximum atomic E-state index is 13.7. The molecule has 3 aromatic carbocycles. The van der Waals surface area contributed by atoms with E-state index in [-0.39, 0.29) is 23.6 Å². The predicted molar refractivity (Wildman–Crippen MR) is 154 cm³/mol. The van der Waals surface area contributed by atoms with Crippen LogP contribution in [0.5, 0.6) is 0 Å². The van der Waals surface area contributed by atoms with Gasteiger partial charge in [-0.05, 0) is 41.7 Å². The van der Waals surface area contributed by atoms with Crippen molar-refractivity contribution in [3.63, 3.8) is 0 Å². The van der Waals surface area contributed by atoms with Crippen LogP contribution in [0.25, 0.3) is 0 Å². The first-order valence-electron chi connectivity index (χ1n) is 12.7. The first-order valence-corrected chi connectivity index (χ1v) is 14.6. The Hall–Kier alpha value is -2.47. The summed E-state index contributed by atoms with van der Waals surface area (Å²) in [6.07, 6.45) is 4.72. The van der Waals surface area contributed by atoms with E-state index in [2.05, 4.69) is 5.32 Å². The Morgan fingerprint density at radius 1 is 0.865 bits per heavy atom. The number of halogens is 2. The second kappa shape index (κ2) is 13.9. The molecule has 0 saturated heterocycles. The number of nitrogens with one attached hydrogen (secondary N) is 1. The smallest absolute Gasteiger partial charge is 0.243 e. The molecule has 4 nitrogen and oxygen atoms in total. The highest BCUT2D eigenvalue weighted by atomic mass is 35.5. The molecule has 1 fully saturated rings. The fourth-order valence-electron chi connectivity index (χ4n) is 4.67. The van der Waals surface area contributed by atoms with Gasteiger partial charge in [0.25, 0.3) is 0 Å². The number of carbonyl (C=O) groups is 2. The van der Waals surface area contributed by atoms with Gasteiger partial charge in [-0.1, -0.05) is 103 Å². The monoisotopic (exact) mass is 554 g/mol. The van der Waals surface area contributed by atoms with Gasteiger partial charge in [0, 0.05) is 24.8 Å². The Bertz CT molecular complexity index is 1170. The number of benzene rings is 3. The van der Waals surface area contributed by atoms with Gasteiger partial charge < -0.3 is 10.2 Å². The van der Waals surface area contributed by atoms with Crippen LogP contribution in [0.2, 0.25) is 10.0 Å². The summed E-state index contributed by atoms with van der Waals surface area (Å²) in [6, 6.07) is 24.9. The molecule has 0 spiro atoms. The van der Waals surface area contributed by atoms with Crippen molar-refractivity contribution in [2.45, 2.75) is 56.5 Å². The topological polar surface area (TPSA) is 49.4 Å². The van der Waals surface area contributed by atoms with Crippen LogP contribution in [0.4, 0.5) is 0 Å². The molecule has 7 heteroatoms. The van der Waals surface area contributed by atoms with Crippen LogP contribution in [0.3, 0.4) is 0 Å². The first kappa shape index (κ1) is 27.6. The summed E-state index contributed by atoms with van der Waals surface area (Å²) in [5, 5.41) is 4.26. The quantitative estimate of drug-likeness (QED) is 0.279. The zero-order valence-electron chi connectivity index (χ0n) is 20.7. The van der Waals surface area contributed by atoms with Crippen molar-refractivity contribution in [3.8, 4) is 0 Å². The van der Waals surface area contributed by atoms with Crippen LogP contribution in [-0.2, 0) is 28.3 Å². The summed E-state index contributed by atoms with van der Waals surface area (Å²) < 4.78 is 0. The molecule has 0 unspecified atom stereocenters. The zero-order chi connectivity index (χ0) is 26.0. The molecule has 4 rings (SSSR count). The molecule has 0 heterocycles. The van der Waals surface area contributed by atoms with Gasteiger partial charge in [0.05, 0.1) is 15.8 Å². The molecule has 0 aliphatic heterocycles. The van der Waals surface area contributed by atoms with Crippen molar-refractivity contribution in [2.24, 2.45) is 0 Å². The van der Waals surface area contributed by atoms with E-state index in [9.17, 15) is 9.59 Å². The fourth-order valence-corrected chi connectivity index (χ4v) is 5.85. The third-order valence-corrected chi connectivity index (χ3v) is 8.37. The van der Waals surface area contributed by atoms with Crippen LogP contribution >= 0.6 is 35.0 Å². The van der Waals surface area contributed by atoms with E-state index in [0.29, 0.717) is 28.8 Å². The Kier molecular flexibility index (Phi) is 10.4. The number of amides is 2. The van der Waals surface area contributed by atoms with Gasteiger partial charge in [-0.15, -0.1) is 11.8 Å². The molecule has 3 aromatic rings. The molecule has 1 atom stereocenters. The van der Waals surface area contributed by atoms with Gasteiger partial charge in [-0.3, -0.25) is 9.59 Å². The molecule has 1 aliphatic rings. The summed E-state index contributed by atoms with van der Waals surface area (Å²) >= 11 is 13.7. The van der Waals surface area contributed by atoms with E-state index < -0.39 is 6.04 Å². The summed E-state index contributed by atoms with van der Waals surface area (Å²) in [7, 11) is 0. The van der Waals surface area contributed by atoms with Gasteiger partial charge in [0.15, 0.2) is 0 Å². The van der Waals surface area contributed by atoms with Gasteiger partial charge in [0.2, 0.25) is 11.8 Å². The Morgan fingerprint density at radius 3 is 2.16 bits per heavy atom. The van der Waals surface area contributed by atoms with E-state index in [1.165, 1.54) is 11.8 Å². The summed E-state index contributed by atoms with van der Waals surface area (Å²) in [5.41, 5.74) is 3.03. The van der Waals surface area contributed by atoms with Crippen LogP contribution < -0.4 is 5.32 Å². The van der Waals surface area contributed by atoms with E-state index in [1.54, 1.807) is 11.0 Å². The number of nitrogens with zero attached hydrogens (tertiary/aromatic N) is 1. The molecule has 0 bridgehead atoms. The maximum absolute atomic E-state index is 13.7. The number of rotatable bonds is 11. The summed E-state index contributed by atoms with van der Waals surface area (Å²) in [4.78, 5) is 29.1. The van der Waals surface area contributed by atoms with Crippen molar-refractivity contribution in [1.29, 1.82) is 0 Å². The van der Waals surface area contributed by atoms with Crippen molar-refractivity contribution in [1.82, 2.24) is 10.2 Å². The SMILES string of the molecule is O=C(NC1CCCC1)[C@@H](Cc1ccccc1)N(Cc1ccccc1)C(=O)CSCc1ccc(Cl)c(Cl)c1. The molecule has 194 valence electrons. The highest BCUT2D eigenvalue weighted by Crippen LogP contribution is 2.25. The van der Waals surface area contributed by atoms with Crippen molar-refractivity contribution in [3.05, 3.63) is 106 Å². The molecule has 2 amide bonds. The fraction of sp³-hybridized carbons (Fsp3) is 0.333. The van der Waals surface area contributed by atoms with Gasteiger partial charge in [0.1, 0.15) is 6.04 Å². The average Bonchev–Trinajstić information content (AvgIpc) is 3.42. The Labute approximate surface area is 233 Å². The van der Waals surface area contributed by atoms with Gasteiger partial charge in [-0.2, -0.15) is 0 Å². The van der Waals surface area contributed by atoms with Crippen LogP contribution in [-0.4, -0.2) is 34.6 Å². The number of carbonyl (C=O) groups excluding carboxylic acids is 2. The molecule has 0 radical (unpaired) electrons. The highest BCUT2D eigenvalue weighted by Gasteiger charge is 2.32. The third-order valence-electron chi connectivity index (χ3n) is 6.65. The molecule has 1 aliphatic carbocycles. The minimum atomic E-state index is -0.596. The Morgan fingerprint density at radius 2 is 1.51 bits per heavy atom. The Balaban J connectivity index is 1.54. The van der Waals surface area contributed by atoms with Crippen molar-refractivity contribution in [2.75, 3.05) is 5.75 Å². The number of hydrogen-bond acceptors (Lipinski definition) is 3. The van der Waals surface area contributed by atoms with Crippen LogP contribution in [0.1, 0.15) is 42.4 Å². The lowest BCUT2D eigenvalue weighted by atomic mass is 10.0. The van der Waals surface area contributed by atoms with E-state index >= 15 is 0 Å². The van der Waals surface area contributed by atoms with E-state index in [4.69, 9.17) is 23.2 Å². The normalized spacial score (nSPS) is 14.3. The second-order valence-electron chi connectivity index (χ2n) is 9.44. The van der Waals surface area contributed by atoms with E-state index in [0.717, 1.165) is 42.4 Å². The lowest BCUT2D eigenvalue weighted by Crippen LogP contribution is -2.52. The molecular weight excluding hydrogens is 523 g/mol. The zero-order valence-corrected chi connectivity index (χ0v) is 23.1. The van der Waals surface area contributed by atoms with Gasteiger partial charge >= 0.3 is 0 Å². The highest BCUT2D eigenvalue weighted by molar-refractivity contribution is 7.99. The molecule has 1 saturated carbocycles. The van der Waals surface area contributed by atoms with E-state index in [1.807, 2.05) is 72.8 Å². The predicted octanol–water partition coefficient (Wildman–Crippen LogP) is 6.93. The molecular formula is C30H32Cl2N2O2S. The van der Waals surface area contributed by atoms with Crippen LogP contribution in [0, 0.1) is 0 Å². The molecule has 1 N–H and O–H groups in total. The first-order chi connectivity index (χ1) is 18.0. The van der Waals surface area contributed by atoms with Crippen molar-refractivity contribution < 1.29 is 9.59 Å². The summed E-state index contributed by atoms with van der Waals surface area (Å²) in [5.74, 6) is 0.750. The standard InChI is InChI=1S/C30H32Cl2N2O2S/c31-26-16-15-24(17-27(26)32)20-37-21-29(35)34(19-23-11-5-2-6-12-23)28(18-22-9-3-1-4-10-22)30(36)33-25-13-7-8-14-25/h1-6,9-12,15-17,25,28H,7-8,13-14,18-21H2,(H,33,36)/t28-/m1/s1. The lowest BCUT2D eigenvalue weighted by molar-refractivity contribution is -0.139. The van der Waals surface area contributed by atoms with Crippen LogP contribution in [0.15, 0.2) is 78.9 Å². The number of hydrogen-bond donors (Lipinski definition) is 1. The average molecular weight is 556 g/mol. The molecule has 37 heavy (non-hydrogen) atoms. The minimum absolute atomic E-state index is 0.0589. The summed E-state index contributed by atoms with van der Waals surface area (Å²) in [6.45, 7) is 0.378. The number of thioether (sulfide) groups is 1. The van der Waals surface area contributed by atoms with Crippen molar-refractivity contribution >= 4 is 46.8 Å². The minimum Gasteiger partial charge on any atom is -0.352 e. The lowest BCUT2D eigenvalue weighted by Gasteiger charge is -2.32. The maximum Gasteiger partial charge on any atom is 0.243 e. The largest absolute Gasteiger partial charge is 0.352 e. The molecule has 0 aromatic heterocycles. The second-order valence-corrected chi connectivity index (χ2v) is 11.2. The third kappa shape index (κ3) is 8.26. The van der Waals surface area contributed by atoms with Gasteiger partial charge in [-0.25, -0.2) is 0 Å².